The highest BCUT2D eigenvalue weighted by atomic mass is 35.5. The van der Waals surface area contributed by atoms with E-state index in [2.05, 4.69) is 41.8 Å². The molecule has 1 aromatic carbocycles. The number of rotatable bonds is 5. The topological polar surface area (TPSA) is 63.2 Å². The van der Waals surface area contributed by atoms with Crippen LogP contribution >= 0.6 is 23.7 Å². The van der Waals surface area contributed by atoms with Crippen LogP contribution in [0.1, 0.15) is 41.9 Å². The molecular formula is C20H28ClN3O2S. The molecule has 27 heavy (non-hydrogen) atoms. The number of thiazole rings is 1. The third-order valence-corrected chi connectivity index (χ3v) is 6.48. The second-order valence-electron chi connectivity index (χ2n) is 6.98. The molecule has 1 atom stereocenters. The second-order valence-corrected chi connectivity index (χ2v) is 8.01. The lowest BCUT2D eigenvalue weighted by atomic mass is 9.91. The van der Waals surface area contributed by atoms with Gasteiger partial charge in [-0.25, -0.2) is 4.98 Å². The Kier molecular flexibility index (Phi) is 7.40. The number of aryl methyl sites for hydroxylation is 2. The van der Waals surface area contributed by atoms with E-state index in [0.717, 1.165) is 34.2 Å². The largest absolute Gasteiger partial charge is 0.368 e. The molecule has 1 aliphatic heterocycles. The normalized spacial score (nSPS) is 17.0. The third-order valence-electron chi connectivity index (χ3n) is 5.09. The van der Waals surface area contributed by atoms with Crippen LogP contribution in [0.5, 0.6) is 0 Å². The summed E-state index contributed by atoms with van der Waals surface area (Å²) in [5.74, 6) is -0.0290. The Balaban J connectivity index is 0.00000261. The van der Waals surface area contributed by atoms with Gasteiger partial charge in [-0.15, -0.1) is 23.7 Å². The van der Waals surface area contributed by atoms with E-state index in [1.807, 2.05) is 13.8 Å². The van der Waals surface area contributed by atoms with Gasteiger partial charge in [-0.2, -0.15) is 0 Å². The molecule has 5 nitrogen and oxygen atoms in total. The van der Waals surface area contributed by atoms with Crippen molar-refractivity contribution in [2.24, 2.45) is 0 Å². The summed E-state index contributed by atoms with van der Waals surface area (Å²) in [6.07, 6.45) is 1.39. The Morgan fingerprint density at radius 1 is 1.26 bits per heavy atom. The van der Waals surface area contributed by atoms with Gasteiger partial charge in [0.1, 0.15) is 10.6 Å². The Labute approximate surface area is 171 Å². The van der Waals surface area contributed by atoms with E-state index < -0.39 is 5.60 Å². The molecule has 1 saturated heterocycles. The van der Waals surface area contributed by atoms with E-state index in [9.17, 15) is 4.79 Å². The molecule has 2 N–H and O–H groups in total. The average molecular weight is 410 g/mol. The van der Waals surface area contributed by atoms with Crippen LogP contribution < -0.4 is 10.6 Å². The van der Waals surface area contributed by atoms with Crippen molar-refractivity contribution in [3.63, 3.8) is 0 Å². The van der Waals surface area contributed by atoms with Crippen molar-refractivity contribution in [2.75, 3.05) is 20.2 Å². The van der Waals surface area contributed by atoms with Gasteiger partial charge in [0.2, 0.25) is 0 Å². The lowest BCUT2D eigenvalue weighted by Crippen LogP contribution is -2.54. The number of hydrogen-bond donors (Lipinski definition) is 2. The number of carbonyl (C=O) groups is 1. The number of aromatic nitrogens is 1. The molecule has 0 spiro atoms. The van der Waals surface area contributed by atoms with Crippen molar-refractivity contribution < 1.29 is 9.53 Å². The first-order valence-electron chi connectivity index (χ1n) is 9.06. The number of amides is 1. The maximum atomic E-state index is 12.9. The summed E-state index contributed by atoms with van der Waals surface area (Å²) in [7, 11) is 1.63. The standard InChI is InChI=1S/C20H27N3O2S.ClH/c1-13-5-7-16(8-6-13)18-22-14(2)17(26-18)15(3)23-19(24)20(25-4)9-11-21-12-10-20;/h5-8,15,21H,9-12H2,1-4H3,(H,23,24);1H. The lowest BCUT2D eigenvalue weighted by molar-refractivity contribution is -0.147. The number of nitrogens with one attached hydrogen (secondary N) is 2. The number of carbonyl (C=O) groups excluding carboxylic acids is 1. The van der Waals surface area contributed by atoms with Gasteiger partial charge in [-0.05, 0) is 46.7 Å². The van der Waals surface area contributed by atoms with Crippen molar-refractivity contribution in [1.29, 1.82) is 0 Å². The van der Waals surface area contributed by atoms with Gasteiger partial charge in [0.05, 0.1) is 16.6 Å². The third kappa shape index (κ3) is 4.69. The predicted molar refractivity (Wildman–Crippen MR) is 113 cm³/mol. The predicted octanol–water partition coefficient (Wildman–Crippen LogP) is 3.79. The molecule has 1 unspecified atom stereocenters. The van der Waals surface area contributed by atoms with Crippen molar-refractivity contribution in [3.05, 3.63) is 40.4 Å². The zero-order valence-electron chi connectivity index (χ0n) is 16.3. The SMILES string of the molecule is COC1(C(=O)NC(C)c2sc(-c3ccc(C)cc3)nc2C)CCNCC1.Cl. The minimum Gasteiger partial charge on any atom is -0.368 e. The minimum absolute atomic E-state index is 0. The van der Waals surface area contributed by atoms with Crippen molar-refractivity contribution >= 4 is 29.7 Å². The second kappa shape index (κ2) is 9.15. The van der Waals surface area contributed by atoms with E-state index in [1.54, 1.807) is 18.4 Å². The van der Waals surface area contributed by atoms with Crippen molar-refractivity contribution in [2.45, 2.75) is 45.3 Å². The summed E-state index contributed by atoms with van der Waals surface area (Å²) >= 11 is 1.64. The van der Waals surface area contributed by atoms with Crippen molar-refractivity contribution in [3.8, 4) is 10.6 Å². The first-order chi connectivity index (χ1) is 12.4. The van der Waals surface area contributed by atoms with E-state index in [0.29, 0.717) is 12.8 Å². The molecule has 0 aliphatic carbocycles. The molecule has 7 heteroatoms. The molecule has 1 aromatic heterocycles. The molecule has 1 aliphatic rings. The lowest BCUT2D eigenvalue weighted by Gasteiger charge is -2.35. The monoisotopic (exact) mass is 409 g/mol. The summed E-state index contributed by atoms with van der Waals surface area (Å²) in [4.78, 5) is 18.7. The van der Waals surface area contributed by atoms with Crippen LogP contribution in [-0.4, -0.2) is 36.7 Å². The molecule has 0 saturated carbocycles. The number of piperidine rings is 1. The number of benzene rings is 1. The summed E-state index contributed by atoms with van der Waals surface area (Å²) in [6.45, 7) is 7.69. The van der Waals surface area contributed by atoms with Crippen LogP contribution in [0.25, 0.3) is 10.6 Å². The van der Waals surface area contributed by atoms with Gasteiger partial charge < -0.3 is 15.4 Å². The van der Waals surface area contributed by atoms with Crippen LogP contribution in [0.3, 0.4) is 0 Å². The number of nitrogens with zero attached hydrogens (tertiary/aromatic N) is 1. The zero-order chi connectivity index (χ0) is 18.7. The number of ether oxygens (including phenoxy) is 1. The van der Waals surface area contributed by atoms with Gasteiger partial charge in [-0.1, -0.05) is 29.8 Å². The molecular weight excluding hydrogens is 382 g/mol. The average Bonchev–Trinajstić information content (AvgIpc) is 3.04. The number of hydrogen-bond acceptors (Lipinski definition) is 5. The fourth-order valence-electron chi connectivity index (χ4n) is 3.38. The Morgan fingerprint density at radius 3 is 2.48 bits per heavy atom. The van der Waals surface area contributed by atoms with Crippen molar-refractivity contribution in [1.82, 2.24) is 15.6 Å². The van der Waals surface area contributed by atoms with Crippen LogP contribution in [-0.2, 0) is 9.53 Å². The van der Waals surface area contributed by atoms with E-state index >= 15 is 0 Å². The molecule has 2 aromatic rings. The van der Waals surface area contributed by atoms with Gasteiger partial charge in [0, 0.05) is 12.7 Å². The Hall–Kier alpha value is -1.47. The molecule has 148 valence electrons. The number of methoxy groups -OCH3 is 1. The smallest absolute Gasteiger partial charge is 0.252 e. The van der Waals surface area contributed by atoms with E-state index in [-0.39, 0.29) is 24.4 Å². The van der Waals surface area contributed by atoms with Gasteiger partial charge in [-0.3, -0.25) is 4.79 Å². The van der Waals surface area contributed by atoms with E-state index in [1.165, 1.54) is 5.56 Å². The molecule has 0 radical (unpaired) electrons. The number of halogens is 1. The summed E-state index contributed by atoms with van der Waals surface area (Å²) < 4.78 is 5.63. The van der Waals surface area contributed by atoms with Crippen LogP contribution in [0.4, 0.5) is 0 Å². The summed E-state index contributed by atoms with van der Waals surface area (Å²) in [6, 6.07) is 8.28. The molecule has 1 fully saturated rings. The van der Waals surface area contributed by atoms with Gasteiger partial charge in [0.15, 0.2) is 0 Å². The van der Waals surface area contributed by atoms with Gasteiger partial charge >= 0.3 is 0 Å². The fraction of sp³-hybridized carbons (Fsp3) is 0.500. The quantitative estimate of drug-likeness (QED) is 0.788. The summed E-state index contributed by atoms with van der Waals surface area (Å²) in [5, 5.41) is 7.42. The highest BCUT2D eigenvalue weighted by molar-refractivity contribution is 7.15. The zero-order valence-corrected chi connectivity index (χ0v) is 17.9. The van der Waals surface area contributed by atoms with E-state index in [4.69, 9.17) is 9.72 Å². The molecule has 1 amide bonds. The Bertz CT molecular complexity index is 770. The van der Waals surface area contributed by atoms with Crippen LogP contribution in [0.2, 0.25) is 0 Å². The first-order valence-corrected chi connectivity index (χ1v) is 9.88. The minimum atomic E-state index is -0.724. The maximum absolute atomic E-state index is 12.9. The molecule has 2 heterocycles. The first kappa shape index (κ1) is 21.8. The summed E-state index contributed by atoms with van der Waals surface area (Å²) in [5.41, 5.74) is 2.59. The fourth-order valence-corrected chi connectivity index (χ4v) is 4.45. The highest BCUT2D eigenvalue weighted by Crippen LogP contribution is 2.32. The highest BCUT2D eigenvalue weighted by Gasteiger charge is 2.40. The van der Waals surface area contributed by atoms with Crippen LogP contribution in [0.15, 0.2) is 24.3 Å². The Morgan fingerprint density at radius 2 is 1.89 bits per heavy atom. The molecule has 3 rings (SSSR count). The van der Waals surface area contributed by atoms with Crippen LogP contribution in [0, 0.1) is 13.8 Å². The maximum Gasteiger partial charge on any atom is 0.252 e. The van der Waals surface area contributed by atoms with Gasteiger partial charge in [0.25, 0.3) is 5.91 Å². The molecule has 0 bridgehead atoms.